The molecule has 0 fully saturated rings. The fourth-order valence-corrected chi connectivity index (χ4v) is 3.09. The number of nitrogens with one attached hydrogen (secondary N) is 2. The Morgan fingerprint density at radius 3 is 2.68 bits per heavy atom. The van der Waals surface area contributed by atoms with Crippen LogP contribution < -0.4 is 5.43 Å². The Kier molecular flexibility index (Phi) is 4.97. The van der Waals surface area contributed by atoms with Crippen molar-refractivity contribution in [3.63, 3.8) is 0 Å². The number of hydrogen-bond acceptors (Lipinski definition) is 3. The average molecular weight is 368 g/mol. The van der Waals surface area contributed by atoms with Crippen molar-refractivity contribution in [1.82, 2.24) is 15.6 Å². The first-order chi connectivity index (χ1) is 13.7. The number of nitrogens with zero attached hydrogens (tertiary/aromatic N) is 2. The van der Waals surface area contributed by atoms with Gasteiger partial charge in [0, 0.05) is 5.56 Å². The summed E-state index contributed by atoms with van der Waals surface area (Å²) >= 11 is 0. The maximum absolute atomic E-state index is 12.3. The van der Waals surface area contributed by atoms with E-state index < -0.39 is 0 Å². The molecule has 0 aliphatic heterocycles. The zero-order chi connectivity index (χ0) is 19.3. The molecule has 4 rings (SSSR count). The first-order valence-corrected chi connectivity index (χ1v) is 9.20. The number of fused-ring (bicyclic) bond motifs is 1. The predicted octanol–water partition coefficient (Wildman–Crippen LogP) is 4.56. The number of aryl methyl sites for hydroxylation is 1. The molecule has 138 valence electrons. The molecule has 0 spiro atoms. The molecule has 0 unspecified atom stereocenters. The third-order valence-corrected chi connectivity index (χ3v) is 4.66. The fourth-order valence-electron chi connectivity index (χ4n) is 3.09. The van der Waals surface area contributed by atoms with E-state index >= 15 is 0 Å². The minimum Gasteiger partial charge on any atom is -0.272 e. The summed E-state index contributed by atoms with van der Waals surface area (Å²) in [6, 6.07) is 23.9. The lowest BCUT2D eigenvalue weighted by Crippen LogP contribution is -2.18. The molecular weight excluding hydrogens is 348 g/mol. The molecule has 0 saturated carbocycles. The van der Waals surface area contributed by atoms with Crippen LogP contribution in [0, 0.1) is 0 Å². The highest BCUT2D eigenvalue weighted by molar-refractivity contribution is 5.98. The third kappa shape index (κ3) is 3.69. The van der Waals surface area contributed by atoms with E-state index in [4.69, 9.17) is 0 Å². The van der Waals surface area contributed by atoms with Gasteiger partial charge in [0.25, 0.3) is 5.91 Å². The minimum atomic E-state index is -0.333. The number of carbonyl (C=O) groups is 1. The van der Waals surface area contributed by atoms with Gasteiger partial charge >= 0.3 is 0 Å². The van der Waals surface area contributed by atoms with Crippen LogP contribution >= 0.6 is 0 Å². The Balaban J connectivity index is 1.49. The first kappa shape index (κ1) is 17.7. The Labute approximate surface area is 163 Å². The number of amides is 1. The molecule has 1 heterocycles. The molecule has 1 aromatic heterocycles. The molecule has 0 atom stereocenters. The summed E-state index contributed by atoms with van der Waals surface area (Å²) < 4.78 is 0. The van der Waals surface area contributed by atoms with Gasteiger partial charge in [-0.3, -0.25) is 9.89 Å². The normalized spacial score (nSPS) is 11.2. The average Bonchev–Trinajstić information content (AvgIpc) is 3.24. The number of hydrogen-bond donors (Lipinski definition) is 2. The predicted molar refractivity (Wildman–Crippen MR) is 112 cm³/mol. The molecule has 5 nitrogen and oxygen atoms in total. The topological polar surface area (TPSA) is 70.1 Å². The summed E-state index contributed by atoms with van der Waals surface area (Å²) in [7, 11) is 0. The lowest BCUT2D eigenvalue weighted by molar-refractivity contribution is 0.0950. The van der Waals surface area contributed by atoms with Gasteiger partial charge in [-0.25, -0.2) is 5.43 Å². The molecule has 1 amide bonds. The quantitative estimate of drug-likeness (QED) is 0.401. The number of rotatable bonds is 5. The maximum Gasteiger partial charge on any atom is 0.289 e. The number of H-pyrrole nitrogens is 1. The Hall–Kier alpha value is -3.73. The molecule has 28 heavy (non-hydrogen) atoms. The van der Waals surface area contributed by atoms with Crippen molar-refractivity contribution >= 4 is 22.9 Å². The van der Waals surface area contributed by atoms with Crippen LogP contribution in [0.5, 0.6) is 0 Å². The largest absolute Gasteiger partial charge is 0.289 e. The Morgan fingerprint density at radius 2 is 1.86 bits per heavy atom. The SMILES string of the molecule is CCc1ccc(/C=N/NC(=O)c2cc(-c3cccc4ccccc34)n[nH]2)cc1. The van der Waals surface area contributed by atoms with E-state index in [9.17, 15) is 4.79 Å². The van der Waals surface area contributed by atoms with Crippen molar-refractivity contribution in [3.05, 3.63) is 89.6 Å². The molecule has 0 aliphatic rings. The molecule has 0 bridgehead atoms. The van der Waals surface area contributed by atoms with Gasteiger partial charge in [-0.15, -0.1) is 0 Å². The minimum absolute atomic E-state index is 0.333. The summed E-state index contributed by atoms with van der Waals surface area (Å²) in [5.41, 5.74) is 6.80. The lowest BCUT2D eigenvalue weighted by Gasteiger charge is -2.02. The second-order valence-corrected chi connectivity index (χ2v) is 6.49. The van der Waals surface area contributed by atoms with Crippen LogP contribution in [0.15, 0.2) is 77.9 Å². The first-order valence-electron chi connectivity index (χ1n) is 9.20. The maximum atomic E-state index is 12.3. The van der Waals surface area contributed by atoms with Gasteiger partial charge in [0.1, 0.15) is 5.69 Å². The van der Waals surface area contributed by atoms with Crippen LogP contribution in [-0.2, 0) is 6.42 Å². The number of carbonyl (C=O) groups excluding carboxylic acids is 1. The van der Waals surface area contributed by atoms with E-state index in [1.807, 2.05) is 42.5 Å². The number of aromatic nitrogens is 2. The number of hydrazone groups is 1. The van der Waals surface area contributed by atoms with E-state index in [1.165, 1.54) is 5.56 Å². The van der Waals surface area contributed by atoms with Gasteiger partial charge in [-0.2, -0.15) is 10.2 Å². The van der Waals surface area contributed by atoms with Crippen molar-refractivity contribution in [2.24, 2.45) is 5.10 Å². The zero-order valence-electron chi connectivity index (χ0n) is 15.5. The molecule has 4 aromatic rings. The zero-order valence-corrected chi connectivity index (χ0v) is 15.5. The Bertz CT molecular complexity index is 1140. The third-order valence-electron chi connectivity index (χ3n) is 4.66. The second-order valence-electron chi connectivity index (χ2n) is 6.49. The van der Waals surface area contributed by atoms with Crippen molar-refractivity contribution in [2.45, 2.75) is 13.3 Å². The molecule has 0 aliphatic carbocycles. The molecule has 3 aromatic carbocycles. The summed E-state index contributed by atoms with van der Waals surface area (Å²) in [6.45, 7) is 2.11. The van der Waals surface area contributed by atoms with Crippen molar-refractivity contribution in [3.8, 4) is 11.3 Å². The van der Waals surface area contributed by atoms with Crippen molar-refractivity contribution in [2.75, 3.05) is 0 Å². The highest BCUT2D eigenvalue weighted by atomic mass is 16.2. The molecular formula is C23H20N4O. The summed E-state index contributed by atoms with van der Waals surface area (Å²) in [5.74, 6) is -0.333. The lowest BCUT2D eigenvalue weighted by atomic mass is 10.0. The van der Waals surface area contributed by atoms with Gasteiger partial charge in [-0.1, -0.05) is 73.7 Å². The molecule has 0 radical (unpaired) electrons. The highest BCUT2D eigenvalue weighted by Crippen LogP contribution is 2.27. The van der Waals surface area contributed by atoms with Crippen LogP contribution in [0.3, 0.4) is 0 Å². The van der Waals surface area contributed by atoms with Gasteiger partial charge < -0.3 is 0 Å². The number of aromatic amines is 1. The standard InChI is InChI=1S/C23H20N4O/c1-2-16-10-12-17(13-11-16)15-24-27-23(28)22-14-21(25-26-22)20-9-5-7-18-6-3-4-8-19(18)20/h3-15H,2H2,1H3,(H,25,26)(H,27,28)/b24-15+. The van der Waals surface area contributed by atoms with Crippen LogP contribution in [0.2, 0.25) is 0 Å². The molecule has 5 heteroatoms. The van der Waals surface area contributed by atoms with Gasteiger partial charge in [0.05, 0.1) is 11.9 Å². The van der Waals surface area contributed by atoms with Crippen LogP contribution in [0.1, 0.15) is 28.5 Å². The summed E-state index contributed by atoms with van der Waals surface area (Å²) in [4.78, 5) is 12.3. The van der Waals surface area contributed by atoms with E-state index in [0.717, 1.165) is 34.0 Å². The fraction of sp³-hybridized carbons (Fsp3) is 0.0870. The van der Waals surface area contributed by atoms with Gasteiger partial charge in [0.15, 0.2) is 0 Å². The summed E-state index contributed by atoms with van der Waals surface area (Å²) in [6.07, 6.45) is 2.62. The molecule has 0 saturated heterocycles. The van der Waals surface area contributed by atoms with Gasteiger partial charge in [0.2, 0.25) is 0 Å². The van der Waals surface area contributed by atoms with Crippen molar-refractivity contribution < 1.29 is 4.79 Å². The van der Waals surface area contributed by atoms with E-state index in [0.29, 0.717) is 5.69 Å². The Morgan fingerprint density at radius 1 is 1.07 bits per heavy atom. The second kappa shape index (κ2) is 7.88. The highest BCUT2D eigenvalue weighted by Gasteiger charge is 2.12. The monoisotopic (exact) mass is 368 g/mol. The van der Waals surface area contributed by atoms with Crippen LogP contribution in [0.4, 0.5) is 0 Å². The van der Waals surface area contributed by atoms with E-state index in [-0.39, 0.29) is 5.91 Å². The smallest absolute Gasteiger partial charge is 0.272 e. The van der Waals surface area contributed by atoms with E-state index in [1.54, 1.807) is 12.3 Å². The van der Waals surface area contributed by atoms with Crippen LogP contribution in [-0.4, -0.2) is 22.3 Å². The van der Waals surface area contributed by atoms with Crippen LogP contribution in [0.25, 0.3) is 22.0 Å². The van der Waals surface area contributed by atoms with Gasteiger partial charge in [-0.05, 0) is 34.4 Å². The number of benzene rings is 3. The van der Waals surface area contributed by atoms with Crippen molar-refractivity contribution in [1.29, 1.82) is 0 Å². The molecule has 2 N–H and O–H groups in total. The van der Waals surface area contributed by atoms with E-state index in [2.05, 4.69) is 51.9 Å². The summed E-state index contributed by atoms with van der Waals surface area (Å²) in [5, 5.41) is 13.4.